The molecule has 1 atom stereocenters. The van der Waals surface area contributed by atoms with Crippen LogP contribution in [0.25, 0.3) is 0 Å². The predicted octanol–water partition coefficient (Wildman–Crippen LogP) is 3.63. The molecule has 5 heteroatoms. The second-order valence-corrected chi connectivity index (χ2v) is 6.21. The minimum absolute atomic E-state index is 0.00843. The molecule has 4 nitrogen and oxygen atoms in total. The molecule has 0 aliphatic heterocycles. The monoisotopic (exact) mass is 346 g/mol. The van der Waals surface area contributed by atoms with Gasteiger partial charge >= 0.3 is 0 Å². The number of halogens is 1. The van der Waals surface area contributed by atoms with E-state index in [4.69, 9.17) is 14.2 Å². The molecule has 0 unspecified atom stereocenters. The van der Waals surface area contributed by atoms with Crippen molar-refractivity contribution in [2.45, 2.75) is 37.8 Å². The first-order valence-corrected chi connectivity index (χ1v) is 8.45. The van der Waals surface area contributed by atoms with Gasteiger partial charge in [0.25, 0.3) is 0 Å². The summed E-state index contributed by atoms with van der Waals surface area (Å²) in [5.74, 6) is 0.132. The third-order valence-electron chi connectivity index (χ3n) is 4.44. The molecule has 0 saturated heterocycles. The molecule has 1 N–H and O–H groups in total. The molecule has 0 bridgehead atoms. The second-order valence-electron chi connectivity index (χ2n) is 6.21. The van der Waals surface area contributed by atoms with Gasteiger partial charge in [0.05, 0.1) is 32.5 Å². The number of benzene rings is 2. The molecule has 1 aliphatic carbocycles. The zero-order valence-corrected chi connectivity index (χ0v) is 14.2. The number of aliphatic hydroxyl groups excluding tert-OH is 1. The van der Waals surface area contributed by atoms with Crippen LogP contribution >= 0.6 is 0 Å². The lowest BCUT2D eigenvalue weighted by molar-refractivity contribution is -0.139. The topological polar surface area (TPSA) is 47.9 Å². The quantitative estimate of drug-likeness (QED) is 0.793. The fraction of sp³-hybridized carbons (Fsp3) is 0.400. The number of methoxy groups -OCH3 is 1. The Morgan fingerprint density at radius 2 is 1.88 bits per heavy atom. The molecule has 1 saturated carbocycles. The van der Waals surface area contributed by atoms with Gasteiger partial charge in [0, 0.05) is 18.4 Å². The number of rotatable bonds is 8. The fourth-order valence-corrected chi connectivity index (χ4v) is 2.96. The van der Waals surface area contributed by atoms with Crippen molar-refractivity contribution >= 4 is 0 Å². The molecule has 3 rings (SSSR count). The van der Waals surface area contributed by atoms with Crippen molar-refractivity contribution in [2.24, 2.45) is 0 Å². The largest absolute Gasteiger partial charge is 0.496 e. The third-order valence-corrected chi connectivity index (χ3v) is 4.44. The van der Waals surface area contributed by atoms with Crippen molar-refractivity contribution in [2.75, 3.05) is 13.7 Å². The van der Waals surface area contributed by atoms with Gasteiger partial charge in [0.15, 0.2) is 0 Å². The Hall–Kier alpha value is -1.95. The maximum Gasteiger partial charge on any atom is 0.124 e. The van der Waals surface area contributed by atoms with E-state index in [1.54, 1.807) is 6.07 Å². The van der Waals surface area contributed by atoms with Gasteiger partial charge < -0.3 is 19.3 Å². The van der Waals surface area contributed by atoms with Crippen molar-refractivity contribution in [1.29, 1.82) is 0 Å². The van der Waals surface area contributed by atoms with E-state index in [9.17, 15) is 9.50 Å². The van der Waals surface area contributed by atoms with Crippen molar-refractivity contribution in [3.8, 4) is 5.75 Å². The highest BCUT2D eigenvalue weighted by Crippen LogP contribution is 2.35. The van der Waals surface area contributed by atoms with Crippen molar-refractivity contribution in [3.63, 3.8) is 0 Å². The second kappa shape index (κ2) is 8.43. The normalized spacial score (nSPS) is 20.8. The molecule has 1 fully saturated rings. The smallest absolute Gasteiger partial charge is 0.124 e. The summed E-state index contributed by atoms with van der Waals surface area (Å²) in [7, 11) is 1.52. The van der Waals surface area contributed by atoms with E-state index in [2.05, 4.69) is 0 Å². The Morgan fingerprint density at radius 1 is 1.12 bits per heavy atom. The first kappa shape index (κ1) is 17.9. The van der Waals surface area contributed by atoms with Crippen LogP contribution in [0.5, 0.6) is 5.75 Å². The van der Waals surface area contributed by atoms with Gasteiger partial charge in [0.2, 0.25) is 0 Å². The highest BCUT2D eigenvalue weighted by Gasteiger charge is 2.33. The van der Waals surface area contributed by atoms with E-state index in [0.717, 1.165) is 18.4 Å². The SMILES string of the molecule is COc1ccc(F)cc1[C@H](CO)OC1CC(OCc2ccccc2)C1. The van der Waals surface area contributed by atoms with Crippen LogP contribution in [0, 0.1) is 5.82 Å². The molecule has 0 amide bonds. The summed E-state index contributed by atoms with van der Waals surface area (Å²) in [5, 5.41) is 9.64. The van der Waals surface area contributed by atoms with E-state index in [-0.39, 0.29) is 24.6 Å². The lowest BCUT2D eigenvalue weighted by Gasteiger charge is -2.37. The Morgan fingerprint density at radius 3 is 2.56 bits per heavy atom. The summed E-state index contributed by atoms with van der Waals surface area (Å²) >= 11 is 0. The van der Waals surface area contributed by atoms with Gasteiger partial charge in [0.1, 0.15) is 17.7 Å². The van der Waals surface area contributed by atoms with Crippen LogP contribution in [0.2, 0.25) is 0 Å². The van der Waals surface area contributed by atoms with E-state index in [0.29, 0.717) is 17.9 Å². The molecular formula is C20H23FO4. The van der Waals surface area contributed by atoms with E-state index >= 15 is 0 Å². The minimum Gasteiger partial charge on any atom is -0.496 e. The highest BCUT2D eigenvalue weighted by atomic mass is 19.1. The van der Waals surface area contributed by atoms with E-state index in [1.807, 2.05) is 30.3 Å². The lowest BCUT2D eigenvalue weighted by Crippen LogP contribution is -2.38. The van der Waals surface area contributed by atoms with Gasteiger partial charge in [-0.1, -0.05) is 30.3 Å². The van der Waals surface area contributed by atoms with Crippen LogP contribution in [0.15, 0.2) is 48.5 Å². The molecule has 0 heterocycles. The first-order chi connectivity index (χ1) is 12.2. The van der Waals surface area contributed by atoms with Crippen molar-refractivity contribution < 1.29 is 23.7 Å². The Balaban J connectivity index is 1.50. The standard InChI is InChI=1S/C20H23FO4/c1-23-19-8-7-15(21)9-18(19)20(12-22)25-17-10-16(11-17)24-13-14-5-3-2-4-6-14/h2-9,16-17,20,22H,10-13H2,1H3/t16?,17?,20-/m0/s1. The van der Waals surface area contributed by atoms with Crippen LogP contribution in [-0.2, 0) is 16.1 Å². The van der Waals surface area contributed by atoms with Gasteiger partial charge in [-0.05, 0) is 23.8 Å². The molecule has 0 aromatic heterocycles. The Kier molecular flexibility index (Phi) is 6.02. The number of hydrogen-bond donors (Lipinski definition) is 1. The molecular weight excluding hydrogens is 323 g/mol. The Labute approximate surface area is 147 Å². The summed E-state index contributed by atoms with van der Waals surface area (Å²) < 4.78 is 30.5. The van der Waals surface area contributed by atoms with Gasteiger partial charge in [-0.25, -0.2) is 4.39 Å². The summed E-state index contributed by atoms with van der Waals surface area (Å²) in [6, 6.07) is 14.2. The zero-order valence-electron chi connectivity index (χ0n) is 14.2. The van der Waals surface area contributed by atoms with Gasteiger partial charge in [-0.3, -0.25) is 0 Å². The molecule has 0 spiro atoms. The van der Waals surface area contributed by atoms with Crippen LogP contribution in [0.4, 0.5) is 4.39 Å². The molecule has 134 valence electrons. The van der Waals surface area contributed by atoms with E-state index in [1.165, 1.54) is 19.2 Å². The molecule has 0 radical (unpaired) electrons. The van der Waals surface area contributed by atoms with Crippen molar-refractivity contribution in [1.82, 2.24) is 0 Å². The molecule has 2 aromatic carbocycles. The van der Waals surface area contributed by atoms with Gasteiger partial charge in [-0.2, -0.15) is 0 Å². The third kappa shape index (κ3) is 4.57. The summed E-state index contributed by atoms with van der Waals surface area (Å²) in [6.45, 7) is 0.352. The molecule has 1 aliphatic rings. The lowest BCUT2D eigenvalue weighted by atomic mass is 9.91. The van der Waals surface area contributed by atoms with Gasteiger partial charge in [-0.15, -0.1) is 0 Å². The summed E-state index contributed by atoms with van der Waals surface area (Å²) in [6.07, 6.45) is 1.07. The highest BCUT2D eigenvalue weighted by molar-refractivity contribution is 5.36. The first-order valence-electron chi connectivity index (χ1n) is 8.45. The average Bonchev–Trinajstić information content (AvgIpc) is 2.61. The predicted molar refractivity (Wildman–Crippen MR) is 91.9 cm³/mol. The maximum atomic E-state index is 13.5. The molecule has 25 heavy (non-hydrogen) atoms. The fourth-order valence-electron chi connectivity index (χ4n) is 2.96. The summed E-state index contributed by atoms with van der Waals surface area (Å²) in [5.41, 5.74) is 1.67. The Bertz CT molecular complexity index is 671. The van der Waals surface area contributed by atoms with Crippen LogP contribution in [0.1, 0.15) is 30.1 Å². The minimum atomic E-state index is -0.606. The maximum absolute atomic E-state index is 13.5. The van der Waals surface area contributed by atoms with Crippen LogP contribution in [0.3, 0.4) is 0 Å². The number of aliphatic hydroxyl groups is 1. The van der Waals surface area contributed by atoms with Crippen molar-refractivity contribution in [3.05, 3.63) is 65.5 Å². The number of ether oxygens (including phenoxy) is 3. The summed E-state index contributed by atoms with van der Waals surface area (Å²) in [4.78, 5) is 0. The van der Waals surface area contributed by atoms with Crippen LogP contribution < -0.4 is 4.74 Å². The average molecular weight is 346 g/mol. The zero-order chi connectivity index (χ0) is 17.6. The number of hydrogen-bond acceptors (Lipinski definition) is 4. The van der Waals surface area contributed by atoms with Crippen LogP contribution in [-0.4, -0.2) is 31.0 Å². The van der Waals surface area contributed by atoms with E-state index < -0.39 is 6.10 Å². The molecule has 2 aromatic rings.